The van der Waals surface area contributed by atoms with Gasteiger partial charge in [-0.1, -0.05) is 48.6 Å². The van der Waals surface area contributed by atoms with Crippen molar-refractivity contribution in [2.45, 2.75) is 25.7 Å². The van der Waals surface area contributed by atoms with Crippen molar-refractivity contribution in [2.24, 2.45) is 10.9 Å². The minimum Gasteiger partial charge on any atom is -0.286 e. The minimum absolute atomic E-state index is 0.272. The fraction of sp³-hybridized carbons (Fsp3) is 0.294. The van der Waals surface area contributed by atoms with Crippen molar-refractivity contribution < 1.29 is 0 Å². The lowest BCUT2D eigenvalue weighted by molar-refractivity contribution is 0.610. The second-order valence-corrected chi connectivity index (χ2v) is 4.78. The van der Waals surface area contributed by atoms with E-state index in [4.69, 9.17) is 5.41 Å². The first-order chi connectivity index (χ1) is 9.31. The standard InChI is InChI=1S/C17H20N2/c1-2-9-16(14-10-5-3-6-11-14)19-17(18)15-12-7-4-8-13-15/h2-7,10-11,15,18H,1,8-9,12-13H2/b18-17?,19-16+. The lowest BCUT2D eigenvalue weighted by Gasteiger charge is -2.16. The Bertz CT molecular complexity index is 497. The molecule has 1 unspecified atom stereocenters. The van der Waals surface area contributed by atoms with Crippen molar-refractivity contribution in [1.82, 2.24) is 0 Å². The molecule has 0 radical (unpaired) electrons. The molecule has 0 aromatic heterocycles. The number of aliphatic imine (C=N–C) groups is 1. The highest BCUT2D eigenvalue weighted by molar-refractivity contribution is 6.08. The molecule has 2 rings (SSSR count). The van der Waals surface area contributed by atoms with Crippen LogP contribution in [0.2, 0.25) is 0 Å². The number of hydrogen-bond acceptors (Lipinski definition) is 1. The van der Waals surface area contributed by atoms with Gasteiger partial charge in [-0.2, -0.15) is 0 Å². The fourth-order valence-electron chi connectivity index (χ4n) is 2.27. The molecule has 0 saturated heterocycles. The van der Waals surface area contributed by atoms with E-state index in [1.807, 2.05) is 36.4 Å². The SMILES string of the molecule is C=CC/C(=N\C(=N)C1CC=CCC1)c1ccccc1. The molecule has 0 saturated carbocycles. The minimum atomic E-state index is 0.272. The van der Waals surface area contributed by atoms with E-state index in [-0.39, 0.29) is 5.92 Å². The van der Waals surface area contributed by atoms with Crippen molar-refractivity contribution in [3.63, 3.8) is 0 Å². The number of allylic oxidation sites excluding steroid dienone is 3. The van der Waals surface area contributed by atoms with Gasteiger partial charge < -0.3 is 0 Å². The average Bonchev–Trinajstić information content (AvgIpc) is 2.48. The van der Waals surface area contributed by atoms with Gasteiger partial charge in [-0.25, -0.2) is 4.99 Å². The summed E-state index contributed by atoms with van der Waals surface area (Å²) in [5.74, 6) is 0.776. The fourth-order valence-corrected chi connectivity index (χ4v) is 2.27. The van der Waals surface area contributed by atoms with Gasteiger partial charge in [0.15, 0.2) is 0 Å². The lowest BCUT2D eigenvalue weighted by atomic mass is 9.93. The second kappa shape index (κ2) is 6.83. The topological polar surface area (TPSA) is 36.2 Å². The second-order valence-electron chi connectivity index (χ2n) is 4.78. The summed E-state index contributed by atoms with van der Waals surface area (Å²) in [6.45, 7) is 3.78. The van der Waals surface area contributed by atoms with Gasteiger partial charge in [-0.15, -0.1) is 6.58 Å². The molecule has 2 heteroatoms. The van der Waals surface area contributed by atoms with Crippen LogP contribution in [0.5, 0.6) is 0 Å². The Morgan fingerprint density at radius 3 is 2.74 bits per heavy atom. The van der Waals surface area contributed by atoms with E-state index in [9.17, 15) is 0 Å². The summed E-state index contributed by atoms with van der Waals surface area (Å²) in [5, 5.41) is 8.19. The third kappa shape index (κ3) is 3.75. The maximum Gasteiger partial charge on any atom is 0.124 e. The van der Waals surface area contributed by atoms with Gasteiger partial charge in [0, 0.05) is 12.3 Å². The van der Waals surface area contributed by atoms with E-state index in [0.29, 0.717) is 12.3 Å². The zero-order valence-electron chi connectivity index (χ0n) is 11.2. The predicted molar refractivity (Wildman–Crippen MR) is 82.0 cm³/mol. The first-order valence-electron chi connectivity index (χ1n) is 6.78. The van der Waals surface area contributed by atoms with Gasteiger partial charge >= 0.3 is 0 Å². The summed E-state index contributed by atoms with van der Waals surface area (Å²) in [6, 6.07) is 10.1. The molecule has 0 fully saturated rings. The van der Waals surface area contributed by atoms with Gasteiger partial charge in [0.1, 0.15) is 5.84 Å². The number of amidine groups is 1. The van der Waals surface area contributed by atoms with Gasteiger partial charge in [-0.3, -0.25) is 5.41 Å². The largest absolute Gasteiger partial charge is 0.286 e. The van der Waals surface area contributed by atoms with Crippen molar-refractivity contribution in [2.75, 3.05) is 0 Å². The van der Waals surface area contributed by atoms with Crippen molar-refractivity contribution in [3.8, 4) is 0 Å². The Labute approximate surface area is 115 Å². The molecular formula is C17H20N2. The summed E-state index contributed by atoms with van der Waals surface area (Å²) >= 11 is 0. The highest BCUT2D eigenvalue weighted by atomic mass is 14.8. The molecule has 19 heavy (non-hydrogen) atoms. The predicted octanol–water partition coefficient (Wildman–Crippen LogP) is 4.39. The summed E-state index contributed by atoms with van der Waals surface area (Å²) in [7, 11) is 0. The molecule has 1 aromatic carbocycles. The molecule has 1 aliphatic carbocycles. The van der Waals surface area contributed by atoms with E-state index >= 15 is 0 Å². The van der Waals surface area contributed by atoms with Crippen molar-refractivity contribution in [3.05, 3.63) is 60.7 Å². The summed E-state index contributed by atoms with van der Waals surface area (Å²) in [6.07, 6.45) is 9.94. The molecule has 0 spiro atoms. The zero-order chi connectivity index (χ0) is 13.5. The van der Waals surface area contributed by atoms with Crippen LogP contribution < -0.4 is 0 Å². The first kappa shape index (κ1) is 13.5. The quantitative estimate of drug-likeness (QED) is 0.469. The summed E-state index contributed by atoms with van der Waals surface area (Å²) < 4.78 is 0. The number of nitrogens with zero attached hydrogens (tertiary/aromatic N) is 1. The Kier molecular flexibility index (Phi) is 4.85. The van der Waals surface area contributed by atoms with Crippen molar-refractivity contribution >= 4 is 11.5 Å². The Morgan fingerprint density at radius 1 is 1.32 bits per heavy atom. The van der Waals surface area contributed by atoms with Crippen LogP contribution in [0.3, 0.4) is 0 Å². The zero-order valence-corrected chi connectivity index (χ0v) is 11.2. The van der Waals surface area contributed by atoms with Crippen LogP contribution in [0.25, 0.3) is 0 Å². The van der Waals surface area contributed by atoms with Gasteiger partial charge in [0.25, 0.3) is 0 Å². The third-order valence-electron chi connectivity index (χ3n) is 3.36. The first-order valence-corrected chi connectivity index (χ1v) is 6.78. The Hall–Kier alpha value is -1.96. The summed E-state index contributed by atoms with van der Waals surface area (Å²) in [4.78, 5) is 4.56. The monoisotopic (exact) mass is 252 g/mol. The van der Waals surface area contributed by atoms with Crippen LogP contribution in [0.4, 0.5) is 0 Å². The Morgan fingerprint density at radius 2 is 2.11 bits per heavy atom. The number of rotatable bonds is 4. The van der Waals surface area contributed by atoms with Crippen molar-refractivity contribution in [1.29, 1.82) is 5.41 Å². The molecule has 0 amide bonds. The maximum absolute atomic E-state index is 8.19. The molecule has 1 atom stereocenters. The van der Waals surface area contributed by atoms with E-state index in [2.05, 4.69) is 23.7 Å². The number of benzene rings is 1. The Balaban J connectivity index is 2.18. The summed E-state index contributed by atoms with van der Waals surface area (Å²) in [5.41, 5.74) is 2.02. The van der Waals surface area contributed by atoms with Gasteiger partial charge in [-0.05, 0) is 24.8 Å². The third-order valence-corrected chi connectivity index (χ3v) is 3.36. The van der Waals surface area contributed by atoms with Crippen LogP contribution >= 0.6 is 0 Å². The lowest BCUT2D eigenvalue weighted by Crippen LogP contribution is -2.15. The van der Waals surface area contributed by atoms with Crippen LogP contribution in [0.15, 0.2) is 60.1 Å². The number of hydrogen-bond donors (Lipinski definition) is 1. The molecule has 98 valence electrons. The molecule has 1 aromatic rings. The molecular weight excluding hydrogens is 232 g/mol. The average molecular weight is 252 g/mol. The molecule has 2 nitrogen and oxygen atoms in total. The number of nitrogens with one attached hydrogen (secondary N) is 1. The van der Waals surface area contributed by atoms with Gasteiger partial charge in [0.05, 0.1) is 5.71 Å². The highest BCUT2D eigenvalue weighted by Crippen LogP contribution is 2.20. The highest BCUT2D eigenvalue weighted by Gasteiger charge is 2.15. The van der Waals surface area contributed by atoms with Crippen LogP contribution in [-0.2, 0) is 0 Å². The van der Waals surface area contributed by atoms with Gasteiger partial charge in [0.2, 0.25) is 0 Å². The van der Waals surface area contributed by atoms with E-state index < -0.39 is 0 Å². The maximum atomic E-state index is 8.19. The van der Waals surface area contributed by atoms with E-state index in [1.165, 1.54) is 0 Å². The molecule has 0 bridgehead atoms. The van der Waals surface area contributed by atoms with E-state index in [0.717, 1.165) is 30.5 Å². The molecule has 1 N–H and O–H groups in total. The van der Waals surface area contributed by atoms with E-state index in [1.54, 1.807) is 0 Å². The molecule has 0 aliphatic heterocycles. The van der Waals surface area contributed by atoms with Crippen LogP contribution in [0, 0.1) is 11.3 Å². The normalized spacial score (nSPS) is 19.2. The van der Waals surface area contributed by atoms with Crippen LogP contribution in [0.1, 0.15) is 31.2 Å². The smallest absolute Gasteiger partial charge is 0.124 e. The van der Waals surface area contributed by atoms with Crippen LogP contribution in [-0.4, -0.2) is 11.5 Å². The molecule has 0 heterocycles. The molecule has 1 aliphatic rings.